The first-order valence-electron chi connectivity index (χ1n) is 8.11. The average molecular weight is 316 g/mol. The smallest absolute Gasteiger partial charge is 0.243 e. The van der Waals surface area contributed by atoms with Crippen LogP contribution in [0.15, 0.2) is 0 Å². The van der Waals surface area contributed by atoms with Gasteiger partial charge in [0.1, 0.15) is 5.54 Å². The Hall–Kier alpha value is -0.620. The van der Waals surface area contributed by atoms with Gasteiger partial charge in [-0.15, -0.1) is 0 Å². The topological polar surface area (TPSA) is 66.5 Å². The van der Waals surface area contributed by atoms with Gasteiger partial charge in [0, 0.05) is 13.1 Å². The molecule has 2 rings (SSSR count). The van der Waals surface area contributed by atoms with Crippen molar-refractivity contribution in [3.05, 3.63) is 0 Å². The highest BCUT2D eigenvalue weighted by molar-refractivity contribution is 7.88. The van der Waals surface area contributed by atoms with Crippen LogP contribution >= 0.6 is 0 Å². The lowest BCUT2D eigenvalue weighted by Gasteiger charge is -2.39. The number of hydrogen-bond donors (Lipinski definition) is 1. The fourth-order valence-corrected chi connectivity index (χ4v) is 4.64. The minimum Gasteiger partial charge on any atom is -0.341 e. The predicted molar refractivity (Wildman–Crippen MR) is 83.4 cm³/mol. The minimum absolute atomic E-state index is 0.00160. The highest BCUT2D eigenvalue weighted by Crippen LogP contribution is 2.31. The summed E-state index contributed by atoms with van der Waals surface area (Å²) in [6.07, 6.45) is 8.50. The number of likely N-dealkylation sites (tertiary alicyclic amines) is 1. The van der Waals surface area contributed by atoms with Gasteiger partial charge in [0.15, 0.2) is 0 Å². The van der Waals surface area contributed by atoms with Gasteiger partial charge in [-0.3, -0.25) is 4.79 Å². The van der Waals surface area contributed by atoms with Crippen molar-refractivity contribution in [1.29, 1.82) is 0 Å². The summed E-state index contributed by atoms with van der Waals surface area (Å²) in [4.78, 5) is 14.9. The van der Waals surface area contributed by atoms with E-state index >= 15 is 0 Å². The van der Waals surface area contributed by atoms with Gasteiger partial charge in [-0.2, -0.15) is 4.72 Å². The molecule has 2 fully saturated rings. The summed E-state index contributed by atoms with van der Waals surface area (Å²) in [5.41, 5.74) is -0.889. The molecule has 0 radical (unpaired) electrons. The third-order valence-corrected chi connectivity index (χ3v) is 5.56. The molecule has 1 amide bonds. The molecule has 0 bridgehead atoms. The predicted octanol–water partition coefficient (Wildman–Crippen LogP) is 1.89. The van der Waals surface area contributed by atoms with Gasteiger partial charge < -0.3 is 4.90 Å². The Balaban J connectivity index is 2.17. The van der Waals surface area contributed by atoms with Crippen LogP contribution in [0.25, 0.3) is 0 Å². The third kappa shape index (κ3) is 4.42. The SMILES string of the molecule is CC1CCCN(C(=O)C2(NS(C)(=O)=O)CCCCC2)CC1. The minimum atomic E-state index is -3.38. The molecule has 1 atom stereocenters. The molecule has 1 N–H and O–H groups in total. The van der Waals surface area contributed by atoms with Gasteiger partial charge in [-0.25, -0.2) is 8.42 Å². The Kier molecular flexibility index (Phi) is 5.30. The number of hydrogen-bond acceptors (Lipinski definition) is 3. The number of amides is 1. The molecular formula is C15H28N2O3S. The first kappa shape index (κ1) is 16.7. The Bertz CT molecular complexity index is 469. The van der Waals surface area contributed by atoms with Crippen LogP contribution in [0, 0.1) is 5.92 Å². The van der Waals surface area contributed by atoms with Crippen LogP contribution < -0.4 is 4.72 Å². The normalized spacial score (nSPS) is 27.1. The summed E-state index contributed by atoms with van der Waals surface area (Å²) >= 11 is 0. The second-order valence-corrected chi connectivity index (χ2v) is 8.59. The van der Waals surface area contributed by atoms with Gasteiger partial charge in [-0.1, -0.05) is 26.2 Å². The molecule has 1 aliphatic heterocycles. The number of nitrogens with one attached hydrogen (secondary N) is 1. The standard InChI is InChI=1S/C15H28N2O3S/c1-13-7-6-11-17(12-8-13)14(18)15(16-21(2,19)20)9-4-3-5-10-15/h13,16H,3-12H2,1-2H3. The fraction of sp³-hybridized carbons (Fsp3) is 0.933. The number of carbonyl (C=O) groups is 1. The second kappa shape index (κ2) is 6.65. The maximum atomic E-state index is 13.0. The number of carbonyl (C=O) groups excluding carboxylic acids is 1. The molecule has 1 aliphatic carbocycles. The zero-order valence-corrected chi connectivity index (χ0v) is 14.0. The Morgan fingerprint density at radius 3 is 2.38 bits per heavy atom. The first-order valence-corrected chi connectivity index (χ1v) is 10.00. The molecule has 21 heavy (non-hydrogen) atoms. The van der Waals surface area contributed by atoms with Crippen LogP contribution in [0.1, 0.15) is 58.3 Å². The average Bonchev–Trinajstić information content (AvgIpc) is 2.62. The first-order chi connectivity index (χ1) is 9.82. The zero-order chi connectivity index (χ0) is 15.5. The van der Waals surface area contributed by atoms with E-state index in [2.05, 4.69) is 11.6 Å². The van der Waals surface area contributed by atoms with Gasteiger partial charge in [-0.05, 0) is 38.0 Å². The maximum Gasteiger partial charge on any atom is 0.243 e. The third-order valence-electron chi connectivity index (χ3n) is 4.80. The second-order valence-electron chi connectivity index (χ2n) is 6.85. The summed E-state index contributed by atoms with van der Waals surface area (Å²) in [6.45, 7) is 3.74. The molecular weight excluding hydrogens is 288 g/mol. The molecule has 1 heterocycles. The molecule has 6 heteroatoms. The van der Waals surface area contributed by atoms with Crippen LogP contribution in [0.4, 0.5) is 0 Å². The number of rotatable bonds is 3. The van der Waals surface area contributed by atoms with Crippen molar-refractivity contribution in [2.24, 2.45) is 5.92 Å². The molecule has 1 unspecified atom stereocenters. The molecule has 0 spiro atoms. The van der Waals surface area contributed by atoms with E-state index in [1.165, 1.54) is 0 Å². The van der Waals surface area contributed by atoms with Crippen molar-refractivity contribution in [2.45, 2.75) is 63.8 Å². The number of sulfonamides is 1. The van der Waals surface area contributed by atoms with E-state index < -0.39 is 15.6 Å². The van der Waals surface area contributed by atoms with Crippen LogP contribution in [0.2, 0.25) is 0 Å². The Morgan fingerprint density at radius 1 is 1.10 bits per heavy atom. The van der Waals surface area contributed by atoms with Crippen LogP contribution in [-0.4, -0.2) is 44.1 Å². The quantitative estimate of drug-likeness (QED) is 0.864. The maximum absolute atomic E-state index is 13.0. The van der Waals surface area contributed by atoms with Gasteiger partial charge in [0.05, 0.1) is 6.26 Å². The summed E-state index contributed by atoms with van der Waals surface area (Å²) < 4.78 is 26.1. The molecule has 122 valence electrons. The Labute approximate surface area is 128 Å². The Morgan fingerprint density at radius 2 is 1.76 bits per heavy atom. The highest BCUT2D eigenvalue weighted by atomic mass is 32.2. The van der Waals surface area contributed by atoms with E-state index in [4.69, 9.17) is 0 Å². The van der Waals surface area contributed by atoms with E-state index in [0.717, 1.165) is 57.9 Å². The lowest BCUT2D eigenvalue weighted by molar-refractivity contribution is -0.139. The molecule has 2 aliphatic rings. The summed E-state index contributed by atoms with van der Waals surface area (Å²) in [6, 6.07) is 0. The van der Waals surface area contributed by atoms with Crippen molar-refractivity contribution < 1.29 is 13.2 Å². The van der Waals surface area contributed by atoms with E-state index in [1.807, 2.05) is 4.90 Å². The largest absolute Gasteiger partial charge is 0.341 e. The van der Waals surface area contributed by atoms with Crippen molar-refractivity contribution in [3.63, 3.8) is 0 Å². The molecule has 0 aromatic heterocycles. The number of nitrogens with zero attached hydrogens (tertiary/aromatic N) is 1. The van der Waals surface area contributed by atoms with Gasteiger partial charge in [0.2, 0.25) is 15.9 Å². The van der Waals surface area contributed by atoms with E-state index in [1.54, 1.807) is 0 Å². The summed E-state index contributed by atoms with van der Waals surface area (Å²) in [5.74, 6) is 0.648. The molecule has 0 aromatic rings. The van der Waals surface area contributed by atoms with Crippen LogP contribution in [0.3, 0.4) is 0 Å². The summed E-state index contributed by atoms with van der Waals surface area (Å²) in [7, 11) is -3.38. The van der Waals surface area contributed by atoms with Crippen molar-refractivity contribution in [1.82, 2.24) is 9.62 Å². The summed E-state index contributed by atoms with van der Waals surface area (Å²) in [5, 5.41) is 0. The molecule has 1 saturated carbocycles. The van der Waals surface area contributed by atoms with Gasteiger partial charge in [0.25, 0.3) is 0 Å². The van der Waals surface area contributed by atoms with Crippen LogP contribution in [-0.2, 0) is 14.8 Å². The molecule has 1 saturated heterocycles. The fourth-order valence-electron chi connectivity index (χ4n) is 3.64. The van der Waals surface area contributed by atoms with Crippen molar-refractivity contribution in [3.8, 4) is 0 Å². The van der Waals surface area contributed by atoms with Crippen molar-refractivity contribution in [2.75, 3.05) is 19.3 Å². The van der Waals surface area contributed by atoms with Crippen LogP contribution in [0.5, 0.6) is 0 Å². The van der Waals surface area contributed by atoms with E-state index in [-0.39, 0.29) is 5.91 Å². The molecule has 5 nitrogen and oxygen atoms in total. The molecule has 0 aromatic carbocycles. The lowest BCUT2D eigenvalue weighted by atomic mass is 9.81. The monoisotopic (exact) mass is 316 g/mol. The zero-order valence-electron chi connectivity index (χ0n) is 13.2. The van der Waals surface area contributed by atoms with E-state index in [9.17, 15) is 13.2 Å². The van der Waals surface area contributed by atoms with Gasteiger partial charge >= 0.3 is 0 Å². The highest BCUT2D eigenvalue weighted by Gasteiger charge is 2.44. The van der Waals surface area contributed by atoms with E-state index in [0.29, 0.717) is 18.8 Å². The van der Waals surface area contributed by atoms with Crippen molar-refractivity contribution >= 4 is 15.9 Å². The lowest BCUT2D eigenvalue weighted by Crippen LogP contribution is -2.60.